The zero-order valence-electron chi connectivity index (χ0n) is 24.2. The minimum Gasteiger partial charge on any atom is -0.368 e. The number of carbonyl (C=O) groups excluding carboxylic acids is 1. The monoisotopic (exact) mass is 558 g/mol. The number of nitrogens with one attached hydrogen (secondary N) is 1. The van der Waals surface area contributed by atoms with Crippen LogP contribution in [0.2, 0.25) is 0 Å². The van der Waals surface area contributed by atoms with Gasteiger partial charge in [-0.05, 0) is 78.5 Å². The number of nitrogens with zero attached hydrogens (tertiary/aromatic N) is 5. The van der Waals surface area contributed by atoms with E-state index in [1.807, 2.05) is 40.2 Å². The first-order chi connectivity index (χ1) is 20.6. The third-order valence-corrected chi connectivity index (χ3v) is 9.75. The number of benzene rings is 2. The number of urea groups is 1. The molecule has 1 saturated carbocycles. The quantitative estimate of drug-likeness (QED) is 0.302. The second-order valence-corrected chi connectivity index (χ2v) is 12.1. The third-order valence-electron chi connectivity index (χ3n) is 9.75. The first kappa shape index (κ1) is 26.5. The number of amides is 2. The highest BCUT2D eigenvalue weighted by molar-refractivity contribution is 5.75. The van der Waals surface area contributed by atoms with Crippen LogP contribution < -0.4 is 10.2 Å². The predicted octanol–water partition coefficient (Wildman–Crippen LogP) is 6.29. The standard InChI is InChI=1S/C35H38N6O/c1-35-23-27-24-37-41(31-13-8-16-36-25-31)33(27)22-29(35)15-14-28(35)21-32(26-9-4-2-5-10-26)38-34(42)40-19-17-39(18-20-40)30-11-6-3-7-12-30/h2-13,16,22,24-25,28,32H,14-15,17-21,23H2,1H3,(H,38,42)/t28-,32?,35-/m1/s1. The van der Waals surface area contributed by atoms with Gasteiger partial charge in [-0.2, -0.15) is 5.10 Å². The highest BCUT2D eigenvalue weighted by atomic mass is 16.2. The molecular weight excluding hydrogens is 520 g/mol. The summed E-state index contributed by atoms with van der Waals surface area (Å²) in [5.41, 5.74) is 7.41. The summed E-state index contributed by atoms with van der Waals surface area (Å²) >= 11 is 0. The van der Waals surface area contributed by atoms with E-state index in [0.717, 1.165) is 57.5 Å². The lowest BCUT2D eigenvalue weighted by Gasteiger charge is -2.39. The summed E-state index contributed by atoms with van der Waals surface area (Å²) in [7, 11) is 0. The fourth-order valence-corrected chi connectivity index (χ4v) is 7.29. The maximum absolute atomic E-state index is 13.6. The van der Waals surface area contributed by atoms with Crippen molar-refractivity contribution < 1.29 is 4.79 Å². The lowest BCUT2D eigenvalue weighted by molar-refractivity contribution is 0.181. The van der Waals surface area contributed by atoms with Crippen molar-refractivity contribution in [2.24, 2.45) is 11.3 Å². The van der Waals surface area contributed by atoms with Gasteiger partial charge in [-0.15, -0.1) is 0 Å². The molecule has 1 unspecified atom stereocenters. The summed E-state index contributed by atoms with van der Waals surface area (Å²) in [4.78, 5) is 22.3. The van der Waals surface area contributed by atoms with E-state index >= 15 is 0 Å². The molecule has 7 nitrogen and oxygen atoms in total. The number of rotatable bonds is 6. The van der Waals surface area contributed by atoms with Crippen LogP contribution >= 0.6 is 0 Å². The highest BCUT2D eigenvalue weighted by Gasteiger charge is 2.46. The molecule has 2 fully saturated rings. The number of fused-ring (bicyclic) bond motifs is 2. The topological polar surface area (TPSA) is 66.3 Å². The van der Waals surface area contributed by atoms with Gasteiger partial charge in [0.25, 0.3) is 0 Å². The van der Waals surface area contributed by atoms with E-state index in [0.29, 0.717) is 5.92 Å². The number of allylic oxidation sites excluding steroid dienone is 1. The Bertz CT molecular complexity index is 1560. The lowest BCUT2D eigenvalue weighted by Crippen LogP contribution is -2.52. The molecule has 2 aromatic carbocycles. The molecule has 7 rings (SSSR count). The van der Waals surface area contributed by atoms with Gasteiger partial charge in [-0.3, -0.25) is 4.98 Å². The molecule has 3 heterocycles. The maximum Gasteiger partial charge on any atom is 0.318 e. The Morgan fingerprint density at radius 3 is 2.43 bits per heavy atom. The van der Waals surface area contributed by atoms with Crippen molar-refractivity contribution in [3.05, 3.63) is 114 Å². The summed E-state index contributed by atoms with van der Waals surface area (Å²) in [6.45, 7) is 5.56. The van der Waals surface area contributed by atoms with Crippen LogP contribution in [0.1, 0.15) is 49.0 Å². The molecule has 0 bridgehead atoms. The van der Waals surface area contributed by atoms with Crippen molar-refractivity contribution in [3.8, 4) is 5.69 Å². The molecule has 1 N–H and O–H groups in total. The molecule has 1 aliphatic heterocycles. The third kappa shape index (κ3) is 4.97. The van der Waals surface area contributed by atoms with E-state index in [1.165, 1.54) is 28.1 Å². The Morgan fingerprint density at radius 1 is 0.952 bits per heavy atom. The first-order valence-corrected chi connectivity index (χ1v) is 15.2. The van der Waals surface area contributed by atoms with E-state index in [-0.39, 0.29) is 17.5 Å². The smallest absolute Gasteiger partial charge is 0.318 e. The molecule has 7 heteroatoms. The molecular formula is C35H38N6O. The summed E-state index contributed by atoms with van der Waals surface area (Å²) in [5.74, 6) is 0.457. The number of carbonyl (C=O) groups is 1. The van der Waals surface area contributed by atoms with E-state index in [9.17, 15) is 4.79 Å². The van der Waals surface area contributed by atoms with Crippen molar-refractivity contribution in [2.75, 3.05) is 31.1 Å². The van der Waals surface area contributed by atoms with Crippen molar-refractivity contribution in [1.29, 1.82) is 0 Å². The van der Waals surface area contributed by atoms with E-state index in [4.69, 9.17) is 5.10 Å². The molecule has 2 aromatic heterocycles. The van der Waals surface area contributed by atoms with Crippen LogP contribution in [0, 0.1) is 11.3 Å². The molecule has 0 spiro atoms. The SMILES string of the molecule is C[C@]12Cc3cnn(-c4cccnc4)c3C=C1CC[C@@H]2CC(NC(=O)N1CCN(c2ccccc2)CC1)c1ccccc1. The molecule has 3 aliphatic rings. The minimum absolute atomic E-state index is 0.0356. The Hall–Kier alpha value is -4.39. The Labute approximate surface area is 247 Å². The van der Waals surface area contributed by atoms with E-state index in [2.05, 4.69) is 82.8 Å². The van der Waals surface area contributed by atoms with E-state index < -0.39 is 0 Å². The number of para-hydroxylation sites is 1. The second kappa shape index (κ2) is 11.1. The highest BCUT2D eigenvalue weighted by Crippen LogP contribution is 2.55. The summed E-state index contributed by atoms with van der Waals surface area (Å²) in [5, 5.41) is 8.21. The number of hydrogen-bond acceptors (Lipinski definition) is 4. The summed E-state index contributed by atoms with van der Waals surface area (Å²) in [6, 6.07) is 25.0. The number of pyridine rings is 1. The van der Waals surface area contributed by atoms with Gasteiger partial charge >= 0.3 is 6.03 Å². The molecule has 42 heavy (non-hydrogen) atoms. The molecule has 1 saturated heterocycles. The van der Waals surface area contributed by atoms with Crippen LogP contribution in [0.3, 0.4) is 0 Å². The van der Waals surface area contributed by atoms with Crippen LogP contribution in [0.15, 0.2) is 97.0 Å². The van der Waals surface area contributed by atoms with Crippen molar-refractivity contribution in [3.63, 3.8) is 0 Å². The van der Waals surface area contributed by atoms with Crippen molar-refractivity contribution in [1.82, 2.24) is 25.0 Å². The van der Waals surface area contributed by atoms with Crippen LogP contribution in [-0.4, -0.2) is 51.9 Å². The predicted molar refractivity (Wildman–Crippen MR) is 166 cm³/mol. The number of aromatic nitrogens is 3. The van der Waals surface area contributed by atoms with Gasteiger partial charge in [-0.25, -0.2) is 9.48 Å². The second-order valence-electron chi connectivity index (χ2n) is 12.1. The zero-order chi connectivity index (χ0) is 28.5. The van der Waals surface area contributed by atoms with Gasteiger partial charge in [-0.1, -0.05) is 61.0 Å². The summed E-state index contributed by atoms with van der Waals surface area (Å²) < 4.78 is 2.02. The van der Waals surface area contributed by atoms with Gasteiger partial charge < -0.3 is 15.1 Å². The fourth-order valence-electron chi connectivity index (χ4n) is 7.29. The average Bonchev–Trinajstić information content (AvgIpc) is 3.60. The number of piperazine rings is 1. The molecule has 2 amide bonds. The lowest BCUT2D eigenvalue weighted by atomic mass is 9.68. The number of hydrogen-bond donors (Lipinski definition) is 1. The molecule has 214 valence electrons. The van der Waals surface area contributed by atoms with E-state index in [1.54, 1.807) is 6.20 Å². The number of anilines is 1. The summed E-state index contributed by atoms with van der Waals surface area (Å²) in [6.07, 6.45) is 12.2. The Morgan fingerprint density at radius 2 is 1.69 bits per heavy atom. The van der Waals surface area contributed by atoms with Gasteiger partial charge in [0.1, 0.15) is 0 Å². The van der Waals surface area contributed by atoms with Gasteiger partial charge in [0.05, 0.1) is 29.8 Å². The molecule has 3 atom stereocenters. The molecule has 2 aliphatic carbocycles. The van der Waals surface area contributed by atoms with Crippen molar-refractivity contribution in [2.45, 2.75) is 38.6 Å². The van der Waals surface area contributed by atoms with Crippen LogP contribution in [0.25, 0.3) is 11.8 Å². The molecule has 4 aromatic rings. The fraction of sp³-hybridized carbons (Fsp3) is 0.343. The Balaban J connectivity index is 1.07. The van der Waals surface area contributed by atoms with Crippen LogP contribution in [0.4, 0.5) is 10.5 Å². The minimum atomic E-state index is -0.0356. The van der Waals surface area contributed by atoms with Gasteiger partial charge in [0.2, 0.25) is 0 Å². The maximum atomic E-state index is 13.6. The van der Waals surface area contributed by atoms with Gasteiger partial charge in [0.15, 0.2) is 0 Å². The average molecular weight is 559 g/mol. The largest absolute Gasteiger partial charge is 0.368 e. The van der Waals surface area contributed by atoms with Crippen molar-refractivity contribution >= 4 is 17.8 Å². The molecule has 0 radical (unpaired) electrons. The van der Waals surface area contributed by atoms with Gasteiger partial charge in [0, 0.05) is 38.1 Å². The Kier molecular flexibility index (Phi) is 7.02. The first-order valence-electron chi connectivity index (χ1n) is 15.2. The normalized spacial score (nSPS) is 22.2. The van der Waals surface area contributed by atoms with Crippen LogP contribution in [0.5, 0.6) is 0 Å². The van der Waals surface area contributed by atoms with Crippen LogP contribution in [-0.2, 0) is 6.42 Å². The zero-order valence-corrected chi connectivity index (χ0v) is 24.2.